The third-order valence-corrected chi connectivity index (χ3v) is 4.09. The van der Waals surface area contributed by atoms with Crippen LogP contribution in [-0.4, -0.2) is 38.7 Å². The molecule has 0 aromatic carbocycles. The Morgan fingerprint density at radius 3 is 2.86 bits per heavy atom. The van der Waals surface area contributed by atoms with Crippen LogP contribution >= 0.6 is 11.6 Å². The fourth-order valence-corrected chi connectivity index (χ4v) is 2.81. The van der Waals surface area contributed by atoms with Gasteiger partial charge in [-0.1, -0.05) is 25.4 Å². The number of carbonyl (C=O) groups excluding carboxylic acids is 1. The molecule has 3 heterocycles. The number of nitrogens with zero attached hydrogens (tertiary/aromatic N) is 4. The van der Waals surface area contributed by atoms with Crippen molar-refractivity contribution in [2.45, 2.75) is 39.2 Å². The summed E-state index contributed by atoms with van der Waals surface area (Å²) in [5.41, 5.74) is 0.652. The number of halogens is 1. The largest absolute Gasteiger partial charge is 0.435 e. The second-order valence-corrected chi connectivity index (χ2v) is 6.39. The van der Waals surface area contributed by atoms with Gasteiger partial charge >= 0.3 is 0 Å². The summed E-state index contributed by atoms with van der Waals surface area (Å²) in [6.45, 7) is 7.08. The van der Waals surface area contributed by atoms with Gasteiger partial charge < -0.3 is 9.32 Å². The number of likely N-dealkylation sites (tertiary alicyclic amines) is 1. The van der Waals surface area contributed by atoms with Crippen LogP contribution in [0.1, 0.15) is 54.4 Å². The van der Waals surface area contributed by atoms with E-state index in [1.807, 2.05) is 25.5 Å². The molecule has 6 nitrogen and oxygen atoms in total. The Labute approximate surface area is 134 Å². The molecule has 1 saturated heterocycles. The lowest BCUT2D eigenvalue weighted by Gasteiger charge is -2.15. The second-order valence-electron chi connectivity index (χ2n) is 5.95. The molecule has 3 rings (SSSR count). The van der Waals surface area contributed by atoms with Gasteiger partial charge in [0.05, 0.1) is 23.0 Å². The van der Waals surface area contributed by atoms with Gasteiger partial charge in [-0.3, -0.25) is 9.48 Å². The molecule has 1 unspecified atom stereocenters. The molecule has 7 heteroatoms. The molecule has 0 radical (unpaired) electrons. The Bertz CT molecular complexity index is 692. The highest BCUT2D eigenvalue weighted by molar-refractivity contribution is 6.30. The monoisotopic (exact) mass is 322 g/mol. The molecular weight excluding hydrogens is 304 g/mol. The molecule has 1 atom stereocenters. The minimum Gasteiger partial charge on any atom is -0.435 e. The third kappa shape index (κ3) is 2.75. The number of aryl methyl sites for hydroxylation is 1. The highest BCUT2D eigenvalue weighted by Gasteiger charge is 2.31. The van der Waals surface area contributed by atoms with Crippen LogP contribution in [0, 0.1) is 6.92 Å². The quantitative estimate of drug-likeness (QED) is 0.871. The third-order valence-electron chi connectivity index (χ3n) is 3.90. The Balaban J connectivity index is 1.74. The van der Waals surface area contributed by atoms with E-state index < -0.39 is 0 Å². The van der Waals surface area contributed by atoms with E-state index in [1.54, 1.807) is 17.3 Å². The molecule has 1 aliphatic rings. The molecular formula is C15H19ClN4O2. The van der Waals surface area contributed by atoms with Crippen molar-refractivity contribution in [2.24, 2.45) is 0 Å². The number of hydrogen-bond acceptors (Lipinski definition) is 4. The molecule has 0 spiro atoms. The van der Waals surface area contributed by atoms with E-state index in [2.05, 4.69) is 10.1 Å². The van der Waals surface area contributed by atoms with Crippen molar-refractivity contribution in [1.29, 1.82) is 0 Å². The Kier molecular flexibility index (Phi) is 3.95. The normalized spacial score (nSPS) is 18.4. The minimum atomic E-state index is -0.0994. The molecule has 0 saturated carbocycles. The standard InChI is InChI=1S/C15H19ClN4O2/c1-9(2)14-18-10(3)13(22-14)15(21)19-5-4-12(8-19)20-7-11(16)6-17-20/h6-7,9,12H,4-5,8H2,1-3H3. The van der Waals surface area contributed by atoms with Gasteiger partial charge in [-0.05, 0) is 13.3 Å². The summed E-state index contributed by atoms with van der Waals surface area (Å²) in [5, 5.41) is 4.83. The lowest BCUT2D eigenvalue weighted by Crippen LogP contribution is -2.29. The fraction of sp³-hybridized carbons (Fsp3) is 0.533. The predicted molar refractivity (Wildman–Crippen MR) is 82.1 cm³/mol. The van der Waals surface area contributed by atoms with Gasteiger partial charge in [-0.15, -0.1) is 0 Å². The summed E-state index contributed by atoms with van der Waals surface area (Å²) in [4.78, 5) is 18.7. The van der Waals surface area contributed by atoms with Crippen LogP contribution in [0.2, 0.25) is 5.02 Å². The van der Waals surface area contributed by atoms with Gasteiger partial charge in [-0.25, -0.2) is 4.98 Å². The number of hydrogen-bond donors (Lipinski definition) is 0. The van der Waals surface area contributed by atoms with E-state index in [0.717, 1.165) is 6.42 Å². The van der Waals surface area contributed by atoms with Gasteiger partial charge in [0.2, 0.25) is 5.76 Å². The first kappa shape index (κ1) is 15.1. The summed E-state index contributed by atoms with van der Waals surface area (Å²) >= 11 is 5.90. The first-order valence-electron chi connectivity index (χ1n) is 7.42. The second kappa shape index (κ2) is 5.76. The summed E-state index contributed by atoms with van der Waals surface area (Å²) in [6, 6.07) is 0.157. The predicted octanol–water partition coefficient (Wildman–Crippen LogP) is 3.04. The van der Waals surface area contributed by atoms with Crippen LogP contribution in [0.3, 0.4) is 0 Å². The fourth-order valence-electron chi connectivity index (χ4n) is 2.66. The van der Waals surface area contributed by atoms with E-state index in [4.69, 9.17) is 16.0 Å². The van der Waals surface area contributed by atoms with Crippen LogP contribution < -0.4 is 0 Å². The highest BCUT2D eigenvalue weighted by Crippen LogP contribution is 2.26. The topological polar surface area (TPSA) is 64.2 Å². The summed E-state index contributed by atoms with van der Waals surface area (Å²) in [7, 11) is 0. The number of amides is 1. The van der Waals surface area contributed by atoms with Crippen LogP contribution in [0.15, 0.2) is 16.8 Å². The zero-order valence-electron chi connectivity index (χ0n) is 12.9. The molecule has 2 aromatic heterocycles. The van der Waals surface area contributed by atoms with Crippen molar-refractivity contribution >= 4 is 17.5 Å². The van der Waals surface area contributed by atoms with Crippen molar-refractivity contribution in [3.05, 3.63) is 34.8 Å². The molecule has 2 aromatic rings. The molecule has 1 amide bonds. The first-order valence-corrected chi connectivity index (χ1v) is 7.79. The van der Waals surface area contributed by atoms with Gasteiger partial charge in [-0.2, -0.15) is 5.10 Å². The van der Waals surface area contributed by atoms with Crippen LogP contribution in [0.25, 0.3) is 0 Å². The van der Waals surface area contributed by atoms with Crippen molar-refractivity contribution in [2.75, 3.05) is 13.1 Å². The van der Waals surface area contributed by atoms with Crippen LogP contribution in [-0.2, 0) is 0 Å². The molecule has 1 aliphatic heterocycles. The maximum atomic E-state index is 12.6. The van der Waals surface area contributed by atoms with Gasteiger partial charge in [0.15, 0.2) is 5.89 Å². The smallest absolute Gasteiger partial charge is 0.291 e. The SMILES string of the molecule is Cc1nc(C(C)C)oc1C(=O)N1CCC(n2cc(Cl)cn2)C1. The Morgan fingerprint density at radius 1 is 1.50 bits per heavy atom. The summed E-state index contributed by atoms with van der Waals surface area (Å²) in [6.07, 6.45) is 4.26. The minimum absolute atomic E-state index is 0.0994. The number of oxazole rings is 1. The van der Waals surface area contributed by atoms with Crippen molar-refractivity contribution < 1.29 is 9.21 Å². The molecule has 118 valence electrons. The lowest BCUT2D eigenvalue weighted by molar-refractivity contribution is 0.0752. The van der Waals surface area contributed by atoms with E-state index >= 15 is 0 Å². The van der Waals surface area contributed by atoms with Crippen molar-refractivity contribution in [1.82, 2.24) is 19.7 Å². The zero-order valence-corrected chi connectivity index (χ0v) is 13.7. The average molecular weight is 323 g/mol. The maximum absolute atomic E-state index is 12.6. The summed E-state index contributed by atoms with van der Waals surface area (Å²) in [5.74, 6) is 1.02. The molecule has 0 N–H and O–H groups in total. The molecule has 0 bridgehead atoms. The number of carbonyl (C=O) groups is 1. The summed E-state index contributed by atoms with van der Waals surface area (Å²) < 4.78 is 7.47. The molecule has 1 fully saturated rings. The first-order chi connectivity index (χ1) is 10.5. The Morgan fingerprint density at radius 2 is 2.27 bits per heavy atom. The Hall–Kier alpha value is -1.82. The van der Waals surface area contributed by atoms with Gasteiger partial charge in [0, 0.05) is 25.2 Å². The lowest BCUT2D eigenvalue weighted by atomic mass is 10.2. The zero-order chi connectivity index (χ0) is 15.9. The molecule has 0 aliphatic carbocycles. The van der Waals surface area contributed by atoms with Crippen LogP contribution in [0.4, 0.5) is 0 Å². The number of rotatable bonds is 3. The van der Waals surface area contributed by atoms with Crippen molar-refractivity contribution in [3.63, 3.8) is 0 Å². The van der Waals surface area contributed by atoms with Crippen molar-refractivity contribution in [3.8, 4) is 0 Å². The van der Waals surface area contributed by atoms with Gasteiger partial charge in [0.25, 0.3) is 5.91 Å². The maximum Gasteiger partial charge on any atom is 0.291 e. The highest BCUT2D eigenvalue weighted by atomic mass is 35.5. The van der Waals surface area contributed by atoms with E-state index in [9.17, 15) is 4.79 Å². The van der Waals surface area contributed by atoms with E-state index in [1.165, 1.54) is 0 Å². The van der Waals surface area contributed by atoms with Crippen LogP contribution in [0.5, 0.6) is 0 Å². The van der Waals surface area contributed by atoms with E-state index in [-0.39, 0.29) is 17.9 Å². The van der Waals surface area contributed by atoms with Gasteiger partial charge in [0.1, 0.15) is 0 Å². The molecule has 22 heavy (non-hydrogen) atoms. The number of aromatic nitrogens is 3. The van der Waals surface area contributed by atoms with E-state index in [0.29, 0.717) is 35.5 Å². The average Bonchev–Trinajstić information content (AvgIpc) is 3.16.